The summed E-state index contributed by atoms with van der Waals surface area (Å²) < 4.78 is 5.56. The fraction of sp³-hybridized carbons (Fsp3) is 0.611. The Morgan fingerprint density at radius 2 is 2.17 bits per heavy atom. The number of nitrogens with zero attached hydrogens (tertiary/aromatic N) is 1. The maximum atomic E-state index is 12.6. The lowest BCUT2D eigenvalue weighted by Gasteiger charge is -2.33. The third-order valence-corrected chi connectivity index (χ3v) is 3.83. The van der Waals surface area contributed by atoms with E-state index in [2.05, 4.69) is 11.4 Å². The van der Waals surface area contributed by atoms with Crippen molar-refractivity contribution in [2.24, 2.45) is 0 Å². The van der Waals surface area contributed by atoms with E-state index in [1.54, 1.807) is 4.90 Å². The van der Waals surface area contributed by atoms with Gasteiger partial charge in [-0.1, -0.05) is 18.2 Å². The maximum absolute atomic E-state index is 12.6. The number of carbonyl (C=O) groups is 1. The highest BCUT2D eigenvalue weighted by molar-refractivity contribution is 5.90. The van der Waals surface area contributed by atoms with Crippen molar-refractivity contribution in [1.82, 2.24) is 5.32 Å². The number of nitrogens with one attached hydrogen (secondary N) is 1. The van der Waals surface area contributed by atoms with Crippen LogP contribution < -0.4 is 10.2 Å². The van der Waals surface area contributed by atoms with Crippen molar-refractivity contribution in [2.45, 2.75) is 58.7 Å². The highest BCUT2D eigenvalue weighted by atomic mass is 16.6. The molecule has 128 valence electrons. The molecule has 5 nitrogen and oxygen atoms in total. The van der Waals surface area contributed by atoms with Crippen molar-refractivity contribution in [3.8, 4) is 0 Å². The van der Waals surface area contributed by atoms with Gasteiger partial charge in [0.2, 0.25) is 0 Å². The van der Waals surface area contributed by atoms with Crippen LogP contribution in [0, 0.1) is 0 Å². The van der Waals surface area contributed by atoms with E-state index in [4.69, 9.17) is 4.74 Å². The highest BCUT2D eigenvalue weighted by Crippen LogP contribution is 2.32. The molecule has 0 radical (unpaired) electrons. The summed E-state index contributed by atoms with van der Waals surface area (Å²) >= 11 is 0. The van der Waals surface area contributed by atoms with Gasteiger partial charge < -0.3 is 15.2 Å². The molecule has 1 aromatic carbocycles. The van der Waals surface area contributed by atoms with Gasteiger partial charge >= 0.3 is 6.09 Å². The van der Waals surface area contributed by atoms with E-state index < -0.39 is 5.60 Å². The molecule has 1 aliphatic rings. The van der Waals surface area contributed by atoms with Crippen LogP contribution in [0.4, 0.5) is 10.5 Å². The fourth-order valence-electron chi connectivity index (χ4n) is 2.72. The molecule has 23 heavy (non-hydrogen) atoms. The number of para-hydroxylation sites is 1. The Bertz CT molecular complexity index is 552. The van der Waals surface area contributed by atoms with Gasteiger partial charge in [0.1, 0.15) is 5.60 Å². The summed E-state index contributed by atoms with van der Waals surface area (Å²) in [5.74, 6) is 0. The summed E-state index contributed by atoms with van der Waals surface area (Å²) in [5.41, 5.74) is 2.70. The van der Waals surface area contributed by atoms with E-state index >= 15 is 0 Å². The number of fused-ring (bicyclic) bond motifs is 1. The number of rotatable bonds is 4. The molecule has 1 heterocycles. The summed E-state index contributed by atoms with van der Waals surface area (Å²) in [7, 11) is 0. The summed E-state index contributed by atoms with van der Waals surface area (Å²) in [6.07, 6.45) is 1.62. The lowest BCUT2D eigenvalue weighted by Crippen LogP contribution is -2.41. The average Bonchev–Trinajstić information content (AvgIpc) is 2.50. The van der Waals surface area contributed by atoms with Gasteiger partial charge in [-0.25, -0.2) is 4.79 Å². The van der Waals surface area contributed by atoms with E-state index in [-0.39, 0.29) is 18.7 Å². The van der Waals surface area contributed by atoms with Crippen LogP contribution in [0.25, 0.3) is 0 Å². The molecule has 5 heteroatoms. The molecule has 1 unspecified atom stereocenters. The zero-order chi connectivity index (χ0) is 17.0. The molecular weight excluding hydrogens is 292 g/mol. The van der Waals surface area contributed by atoms with Gasteiger partial charge in [0.15, 0.2) is 0 Å². The van der Waals surface area contributed by atoms with E-state index in [0.29, 0.717) is 13.1 Å². The Kier molecular flexibility index (Phi) is 5.65. The lowest BCUT2D eigenvalue weighted by atomic mass is 9.97. The van der Waals surface area contributed by atoms with Crippen LogP contribution in [0.5, 0.6) is 0 Å². The molecule has 0 bridgehead atoms. The summed E-state index contributed by atoms with van der Waals surface area (Å²) in [5, 5.41) is 12.4. The first-order valence-corrected chi connectivity index (χ1v) is 8.27. The molecule has 0 saturated heterocycles. The fourth-order valence-corrected chi connectivity index (χ4v) is 2.72. The smallest absolute Gasteiger partial charge is 0.414 e. The van der Waals surface area contributed by atoms with Crippen LogP contribution in [-0.2, 0) is 17.7 Å². The van der Waals surface area contributed by atoms with Crippen LogP contribution >= 0.6 is 0 Å². The molecule has 1 amide bonds. The molecule has 1 atom stereocenters. The van der Waals surface area contributed by atoms with E-state index in [9.17, 15) is 9.90 Å². The zero-order valence-electron chi connectivity index (χ0n) is 14.6. The van der Waals surface area contributed by atoms with E-state index in [1.165, 1.54) is 5.56 Å². The monoisotopic (exact) mass is 320 g/mol. The second-order valence-corrected chi connectivity index (χ2v) is 7.12. The minimum absolute atomic E-state index is 0.0180. The zero-order valence-corrected chi connectivity index (χ0v) is 14.6. The van der Waals surface area contributed by atoms with Crippen molar-refractivity contribution in [3.05, 3.63) is 29.3 Å². The van der Waals surface area contributed by atoms with Crippen LogP contribution in [-0.4, -0.2) is 36.0 Å². The first-order chi connectivity index (χ1) is 10.8. The molecule has 1 aliphatic heterocycles. The number of carbonyl (C=O) groups excluding carboxylic acids is 1. The average molecular weight is 320 g/mol. The van der Waals surface area contributed by atoms with Crippen LogP contribution in [0.15, 0.2) is 18.2 Å². The SMILES string of the molecule is CC(CO)NCc1cccc2c1N(C(=O)OC(C)(C)C)CCC2. The number of anilines is 1. The van der Waals surface area contributed by atoms with Crippen LogP contribution in [0.3, 0.4) is 0 Å². The molecular formula is C18H28N2O3. The van der Waals surface area contributed by atoms with Gasteiger partial charge in [0.05, 0.1) is 12.3 Å². The second-order valence-electron chi connectivity index (χ2n) is 7.12. The Morgan fingerprint density at radius 3 is 2.83 bits per heavy atom. The normalized spacial score (nSPS) is 16.0. The van der Waals surface area contributed by atoms with Crippen molar-refractivity contribution >= 4 is 11.8 Å². The Labute approximate surface area is 138 Å². The Morgan fingerprint density at radius 1 is 1.43 bits per heavy atom. The molecule has 0 spiro atoms. The first-order valence-electron chi connectivity index (χ1n) is 8.27. The number of ether oxygens (including phenoxy) is 1. The predicted molar refractivity (Wildman–Crippen MR) is 91.7 cm³/mol. The van der Waals surface area contributed by atoms with Gasteiger partial charge in [-0.05, 0) is 51.7 Å². The summed E-state index contributed by atoms with van der Waals surface area (Å²) in [4.78, 5) is 14.3. The number of hydrogen-bond acceptors (Lipinski definition) is 4. The Hall–Kier alpha value is -1.59. The number of amides is 1. The second kappa shape index (κ2) is 7.32. The third kappa shape index (κ3) is 4.69. The summed E-state index contributed by atoms with van der Waals surface area (Å²) in [6, 6.07) is 6.14. The molecule has 0 saturated carbocycles. The third-order valence-electron chi connectivity index (χ3n) is 3.83. The van der Waals surface area contributed by atoms with Crippen LogP contribution in [0.2, 0.25) is 0 Å². The van der Waals surface area contributed by atoms with Gasteiger partial charge in [0, 0.05) is 19.1 Å². The number of aliphatic hydroxyl groups excluding tert-OH is 1. The molecule has 0 aliphatic carbocycles. The number of aryl methyl sites for hydroxylation is 1. The van der Waals surface area contributed by atoms with Gasteiger partial charge in [0.25, 0.3) is 0 Å². The van der Waals surface area contributed by atoms with Gasteiger partial charge in [-0.15, -0.1) is 0 Å². The lowest BCUT2D eigenvalue weighted by molar-refractivity contribution is 0.0577. The molecule has 1 aromatic rings. The van der Waals surface area contributed by atoms with Crippen LogP contribution in [0.1, 0.15) is 45.2 Å². The molecule has 0 fully saturated rings. The summed E-state index contributed by atoms with van der Waals surface area (Å²) in [6.45, 7) is 8.95. The first kappa shape index (κ1) is 17.8. The number of aliphatic hydroxyl groups is 1. The van der Waals surface area contributed by atoms with Gasteiger partial charge in [-0.3, -0.25) is 4.90 Å². The van der Waals surface area contributed by atoms with Crippen molar-refractivity contribution in [3.63, 3.8) is 0 Å². The predicted octanol–water partition coefficient (Wildman–Crippen LogP) is 2.84. The topological polar surface area (TPSA) is 61.8 Å². The van der Waals surface area contributed by atoms with Crippen molar-refractivity contribution < 1.29 is 14.6 Å². The van der Waals surface area contributed by atoms with E-state index in [0.717, 1.165) is 24.1 Å². The Balaban J connectivity index is 2.26. The molecule has 2 rings (SSSR count). The number of hydrogen-bond donors (Lipinski definition) is 2. The number of benzene rings is 1. The maximum Gasteiger partial charge on any atom is 0.414 e. The highest BCUT2D eigenvalue weighted by Gasteiger charge is 2.29. The molecule has 2 N–H and O–H groups in total. The standard InChI is InChI=1S/C18H28N2O3/c1-13(12-21)19-11-15-8-5-7-14-9-6-10-20(16(14)15)17(22)23-18(2,3)4/h5,7-8,13,19,21H,6,9-12H2,1-4H3. The van der Waals surface area contributed by atoms with Crippen molar-refractivity contribution in [1.29, 1.82) is 0 Å². The van der Waals surface area contributed by atoms with Gasteiger partial charge in [-0.2, -0.15) is 0 Å². The van der Waals surface area contributed by atoms with Crippen molar-refractivity contribution in [2.75, 3.05) is 18.1 Å². The molecule has 0 aromatic heterocycles. The largest absolute Gasteiger partial charge is 0.443 e. The quantitative estimate of drug-likeness (QED) is 0.895. The minimum atomic E-state index is -0.507. The minimum Gasteiger partial charge on any atom is -0.443 e. The van der Waals surface area contributed by atoms with E-state index in [1.807, 2.05) is 39.8 Å².